The predicted octanol–water partition coefficient (Wildman–Crippen LogP) is 3.60. The van der Waals surface area contributed by atoms with Gasteiger partial charge in [0.1, 0.15) is 11.9 Å². The van der Waals surface area contributed by atoms with Gasteiger partial charge in [-0.1, -0.05) is 73.3 Å². The van der Waals surface area contributed by atoms with E-state index in [9.17, 15) is 14.4 Å². The Morgan fingerprint density at radius 2 is 1.57 bits per heavy atom. The average molecular weight is 540 g/mol. The standard InChI is InChI=1S/C32H37N5O3/c1-2-30(38)33-19-10-9-16-28(35-31(39)24-25-12-5-3-6-13-25)32(40)37-22-20-36(21-23-37)29-18-11-17-27(34-29)26-14-7-4-8-15-26/h2-8,11-15,17-18,28H,1,9-10,16,19-24H2,(H,33,38)(H,35,39). The lowest BCUT2D eigenvalue weighted by Crippen LogP contribution is -2.55. The Bertz CT molecular complexity index is 1270. The molecular formula is C32H37N5O3. The smallest absolute Gasteiger partial charge is 0.245 e. The monoisotopic (exact) mass is 539 g/mol. The summed E-state index contributed by atoms with van der Waals surface area (Å²) in [6.45, 7) is 6.38. The van der Waals surface area contributed by atoms with E-state index in [2.05, 4.69) is 22.1 Å². The first-order valence-corrected chi connectivity index (χ1v) is 13.8. The Labute approximate surface area is 236 Å². The molecule has 0 spiro atoms. The lowest BCUT2D eigenvalue weighted by atomic mass is 10.1. The molecular weight excluding hydrogens is 502 g/mol. The maximum absolute atomic E-state index is 13.6. The van der Waals surface area contributed by atoms with Gasteiger partial charge in [0.05, 0.1) is 12.1 Å². The van der Waals surface area contributed by atoms with Crippen LogP contribution in [0, 0.1) is 0 Å². The molecule has 208 valence electrons. The lowest BCUT2D eigenvalue weighted by molar-refractivity contribution is -0.136. The van der Waals surface area contributed by atoms with Crippen LogP contribution in [0.1, 0.15) is 24.8 Å². The highest BCUT2D eigenvalue weighted by Crippen LogP contribution is 2.21. The molecule has 1 saturated heterocycles. The summed E-state index contributed by atoms with van der Waals surface area (Å²) in [5.41, 5.74) is 2.88. The van der Waals surface area contributed by atoms with Crippen LogP contribution in [0.3, 0.4) is 0 Å². The minimum Gasteiger partial charge on any atom is -0.353 e. The van der Waals surface area contributed by atoms with Gasteiger partial charge in [-0.25, -0.2) is 4.98 Å². The van der Waals surface area contributed by atoms with Crippen LogP contribution in [0.2, 0.25) is 0 Å². The number of hydrogen-bond acceptors (Lipinski definition) is 5. The SMILES string of the molecule is C=CC(=O)NCCCCC(NC(=O)Cc1ccccc1)C(=O)N1CCN(c2cccc(-c3ccccc3)n2)CC1. The van der Waals surface area contributed by atoms with Crippen molar-refractivity contribution >= 4 is 23.5 Å². The molecule has 1 aliphatic heterocycles. The van der Waals surface area contributed by atoms with Crippen molar-refractivity contribution in [3.8, 4) is 11.3 Å². The van der Waals surface area contributed by atoms with Gasteiger partial charge in [-0.15, -0.1) is 0 Å². The van der Waals surface area contributed by atoms with Gasteiger partial charge in [0.25, 0.3) is 0 Å². The number of nitrogens with one attached hydrogen (secondary N) is 2. The van der Waals surface area contributed by atoms with Gasteiger partial charge >= 0.3 is 0 Å². The van der Waals surface area contributed by atoms with Crippen LogP contribution in [0.5, 0.6) is 0 Å². The highest BCUT2D eigenvalue weighted by atomic mass is 16.2. The maximum atomic E-state index is 13.6. The third-order valence-electron chi connectivity index (χ3n) is 6.96. The van der Waals surface area contributed by atoms with Crippen LogP contribution in [-0.4, -0.2) is 66.4 Å². The molecule has 1 unspecified atom stereocenters. The van der Waals surface area contributed by atoms with Crippen molar-refractivity contribution in [1.29, 1.82) is 0 Å². The van der Waals surface area contributed by atoms with Crippen molar-refractivity contribution in [1.82, 2.24) is 20.5 Å². The molecule has 1 aromatic heterocycles. The van der Waals surface area contributed by atoms with Crippen molar-refractivity contribution in [2.24, 2.45) is 0 Å². The van der Waals surface area contributed by atoms with E-state index >= 15 is 0 Å². The number of rotatable bonds is 12. The first-order chi connectivity index (χ1) is 19.5. The molecule has 8 nitrogen and oxygen atoms in total. The van der Waals surface area contributed by atoms with E-state index in [0.717, 1.165) is 22.6 Å². The molecule has 2 aromatic carbocycles. The number of piperazine rings is 1. The second-order valence-corrected chi connectivity index (χ2v) is 9.83. The third-order valence-corrected chi connectivity index (χ3v) is 6.96. The molecule has 40 heavy (non-hydrogen) atoms. The van der Waals surface area contributed by atoms with E-state index in [0.29, 0.717) is 52.0 Å². The molecule has 3 aromatic rings. The average Bonchev–Trinajstić information content (AvgIpc) is 3.01. The van der Waals surface area contributed by atoms with E-state index in [4.69, 9.17) is 4.98 Å². The summed E-state index contributed by atoms with van der Waals surface area (Å²) < 4.78 is 0. The normalized spacial score (nSPS) is 13.8. The Morgan fingerprint density at radius 1 is 0.875 bits per heavy atom. The third kappa shape index (κ3) is 8.27. The molecule has 0 bridgehead atoms. The largest absolute Gasteiger partial charge is 0.353 e. The number of carbonyl (C=O) groups is 3. The highest BCUT2D eigenvalue weighted by molar-refractivity contribution is 5.88. The Kier molecular flexibility index (Phi) is 10.4. The predicted molar refractivity (Wildman–Crippen MR) is 158 cm³/mol. The number of carbonyl (C=O) groups excluding carboxylic acids is 3. The number of hydrogen-bond donors (Lipinski definition) is 2. The molecule has 3 amide bonds. The van der Waals surface area contributed by atoms with Gasteiger partial charge in [-0.05, 0) is 43.0 Å². The summed E-state index contributed by atoms with van der Waals surface area (Å²) in [6.07, 6.45) is 3.36. The summed E-state index contributed by atoms with van der Waals surface area (Å²) in [5.74, 6) is 0.431. The Morgan fingerprint density at radius 3 is 2.27 bits per heavy atom. The number of aromatic nitrogens is 1. The zero-order chi connectivity index (χ0) is 28.2. The second-order valence-electron chi connectivity index (χ2n) is 9.83. The molecule has 2 heterocycles. The van der Waals surface area contributed by atoms with Crippen LogP contribution in [0.4, 0.5) is 5.82 Å². The van der Waals surface area contributed by atoms with Crippen molar-refractivity contribution < 1.29 is 14.4 Å². The molecule has 1 fully saturated rings. The number of anilines is 1. The topological polar surface area (TPSA) is 94.6 Å². The number of pyridine rings is 1. The quantitative estimate of drug-likeness (QED) is 0.271. The molecule has 0 saturated carbocycles. The van der Waals surface area contributed by atoms with Crippen molar-refractivity contribution in [3.05, 3.63) is 97.1 Å². The summed E-state index contributed by atoms with van der Waals surface area (Å²) >= 11 is 0. The minimum atomic E-state index is -0.614. The summed E-state index contributed by atoms with van der Waals surface area (Å²) in [4.78, 5) is 46.7. The molecule has 8 heteroatoms. The molecule has 0 aliphatic carbocycles. The Hall–Kier alpha value is -4.46. The van der Waals surface area contributed by atoms with Crippen molar-refractivity contribution in [2.75, 3.05) is 37.6 Å². The summed E-state index contributed by atoms with van der Waals surface area (Å²) in [6, 6.07) is 25.0. The van der Waals surface area contributed by atoms with E-state index in [1.807, 2.05) is 83.8 Å². The Balaban J connectivity index is 1.35. The molecule has 4 rings (SSSR count). The number of amides is 3. The number of nitrogens with zero attached hydrogens (tertiary/aromatic N) is 3. The van der Waals surface area contributed by atoms with Gasteiger partial charge < -0.3 is 20.4 Å². The van der Waals surface area contributed by atoms with Gasteiger partial charge in [0.15, 0.2) is 0 Å². The lowest BCUT2D eigenvalue weighted by Gasteiger charge is -2.37. The van der Waals surface area contributed by atoms with Crippen molar-refractivity contribution in [3.63, 3.8) is 0 Å². The highest BCUT2D eigenvalue weighted by Gasteiger charge is 2.29. The fourth-order valence-corrected chi connectivity index (χ4v) is 4.79. The first-order valence-electron chi connectivity index (χ1n) is 13.8. The van der Waals surface area contributed by atoms with Crippen LogP contribution in [0.15, 0.2) is 91.5 Å². The van der Waals surface area contributed by atoms with Gasteiger partial charge in [0.2, 0.25) is 17.7 Å². The van der Waals surface area contributed by atoms with E-state index < -0.39 is 6.04 Å². The zero-order valence-electron chi connectivity index (χ0n) is 22.8. The van der Waals surface area contributed by atoms with Crippen molar-refractivity contribution in [2.45, 2.75) is 31.7 Å². The molecule has 1 aliphatic rings. The van der Waals surface area contributed by atoms with E-state index in [1.54, 1.807) is 0 Å². The van der Waals surface area contributed by atoms with Crippen LogP contribution < -0.4 is 15.5 Å². The van der Waals surface area contributed by atoms with E-state index in [1.165, 1.54) is 6.08 Å². The molecule has 1 atom stereocenters. The van der Waals surface area contributed by atoms with Crippen LogP contribution >= 0.6 is 0 Å². The number of unbranched alkanes of at least 4 members (excludes halogenated alkanes) is 1. The zero-order valence-corrected chi connectivity index (χ0v) is 22.8. The van der Waals surface area contributed by atoms with E-state index in [-0.39, 0.29) is 24.1 Å². The van der Waals surface area contributed by atoms with Crippen LogP contribution in [-0.2, 0) is 20.8 Å². The maximum Gasteiger partial charge on any atom is 0.245 e. The second kappa shape index (κ2) is 14.6. The summed E-state index contributed by atoms with van der Waals surface area (Å²) in [5, 5.41) is 5.74. The summed E-state index contributed by atoms with van der Waals surface area (Å²) in [7, 11) is 0. The molecule has 2 N–H and O–H groups in total. The molecule has 0 radical (unpaired) electrons. The fourth-order valence-electron chi connectivity index (χ4n) is 4.79. The van der Waals surface area contributed by atoms with Gasteiger partial charge in [0, 0.05) is 38.3 Å². The van der Waals surface area contributed by atoms with Gasteiger partial charge in [-0.2, -0.15) is 0 Å². The first kappa shape index (κ1) is 28.5. The fraction of sp³-hybridized carbons (Fsp3) is 0.312. The van der Waals surface area contributed by atoms with Gasteiger partial charge in [-0.3, -0.25) is 14.4 Å². The minimum absolute atomic E-state index is 0.0674. The van der Waals surface area contributed by atoms with Crippen LogP contribution in [0.25, 0.3) is 11.3 Å². The number of benzene rings is 2.